The first-order valence-electron chi connectivity index (χ1n) is 10.8. The van der Waals surface area contributed by atoms with Gasteiger partial charge in [0.1, 0.15) is 0 Å². The summed E-state index contributed by atoms with van der Waals surface area (Å²) >= 11 is 12.7. The Morgan fingerprint density at radius 2 is 1.91 bits per heavy atom. The summed E-state index contributed by atoms with van der Waals surface area (Å²) in [5, 5.41) is 13.3. The number of likely N-dealkylation sites (tertiary alicyclic amines) is 1. The second-order valence-electron chi connectivity index (χ2n) is 8.28. The molecule has 1 unspecified atom stereocenters. The van der Waals surface area contributed by atoms with E-state index in [1.165, 1.54) is 0 Å². The lowest BCUT2D eigenvalue weighted by Gasteiger charge is -2.36. The van der Waals surface area contributed by atoms with E-state index in [1.807, 2.05) is 43.4 Å². The van der Waals surface area contributed by atoms with E-state index in [0.717, 1.165) is 37.1 Å². The highest BCUT2D eigenvalue weighted by Gasteiger charge is 2.27. The van der Waals surface area contributed by atoms with E-state index < -0.39 is 6.04 Å². The van der Waals surface area contributed by atoms with Gasteiger partial charge in [-0.25, -0.2) is 4.79 Å². The number of aliphatic hydroxyl groups excluding tert-OH is 1. The molecular formula is C24H31Cl2N3O3. The lowest BCUT2D eigenvalue weighted by Crippen LogP contribution is -2.49. The minimum atomic E-state index is -0.455. The van der Waals surface area contributed by atoms with Crippen molar-refractivity contribution in [3.63, 3.8) is 0 Å². The second kappa shape index (κ2) is 11.9. The molecule has 1 fully saturated rings. The van der Waals surface area contributed by atoms with E-state index in [9.17, 15) is 9.90 Å². The van der Waals surface area contributed by atoms with Crippen LogP contribution in [0, 0.1) is 0 Å². The van der Waals surface area contributed by atoms with Crippen molar-refractivity contribution in [2.45, 2.75) is 38.1 Å². The van der Waals surface area contributed by atoms with Gasteiger partial charge in [-0.1, -0.05) is 59.6 Å². The van der Waals surface area contributed by atoms with Gasteiger partial charge in [0, 0.05) is 13.1 Å². The lowest BCUT2D eigenvalue weighted by molar-refractivity contribution is 0.0946. The fraction of sp³-hybridized carbons (Fsp3) is 0.458. The number of urea groups is 1. The summed E-state index contributed by atoms with van der Waals surface area (Å²) < 4.78 is 5.95. The Balaban J connectivity index is 1.69. The van der Waals surface area contributed by atoms with Crippen molar-refractivity contribution in [3.8, 4) is 0 Å². The summed E-state index contributed by atoms with van der Waals surface area (Å²) in [6.07, 6.45) is 1.89. The topological polar surface area (TPSA) is 65.0 Å². The standard InChI is InChI=1S/C24H31Cl2N3O3/c1-28-11-9-19(10-12-28)29(2)24(31)27-22(20-7-4-8-21(25)23(20)26)16-32-15-18-6-3-5-17(13-18)14-30/h3-8,13,19,22,30H,9-12,14-16H2,1-2H3,(H,27,31). The Kier molecular flexibility index (Phi) is 9.20. The number of piperidine rings is 1. The van der Waals surface area contributed by atoms with Gasteiger partial charge in [0.15, 0.2) is 0 Å². The van der Waals surface area contributed by atoms with E-state index in [-0.39, 0.29) is 25.3 Å². The van der Waals surface area contributed by atoms with E-state index in [1.54, 1.807) is 11.0 Å². The van der Waals surface area contributed by atoms with Crippen LogP contribution in [0.4, 0.5) is 4.79 Å². The average molecular weight is 480 g/mol. The largest absolute Gasteiger partial charge is 0.392 e. The van der Waals surface area contributed by atoms with E-state index >= 15 is 0 Å². The predicted octanol–water partition coefficient (Wildman–Crippen LogP) is 4.48. The van der Waals surface area contributed by atoms with Crippen molar-refractivity contribution in [1.82, 2.24) is 15.1 Å². The summed E-state index contributed by atoms with van der Waals surface area (Å²) in [5.41, 5.74) is 2.49. The Morgan fingerprint density at radius 1 is 1.22 bits per heavy atom. The SMILES string of the molecule is CN1CCC(N(C)C(=O)NC(COCc2cccc(CO)c2)c2cccc(Cl)c2Cl)CC1. The van der Waals surface area contributed by atoms with Gasteiger partial charge in [-0.3, -0.25) is 0 Å². The molecule has 8 heteroatoms. The number of rotatable bonds is 8. The van der Waals surface area contributed by atoms with Crippen molar-refractivity contribution in [1.29, 1.82) is 0 Å². The number of nitrogens with zero attached hydrogens (tertiary/aromatic N) is 2. The summed E-state index contributed by atoms with van der Waals surface area (Å²) in [6, 6.07) is 12.5. The number of hydrogen-bond donors (Lipinski definition) is 2. The molecular weight excluding hydrogens is 449 g/mol. The highest BCUT2D eigenvalue weighted by molar-refractivity contribution is 6.42. The molecule has 2 aromatic carbocycles. The maximum absolute atomic E-state index is 13.1. The first-order valence-corrected chi connectivity index (χ1v) is 11.6. The normalized spacial score (nSPS) is 16.0. The first kappa shape index (κ1) is 24.8. The number of ether oxygens (including phenoxy) is 1. The average Bonchev–Trinajstić information content (AvgIpc) is 2.80. The second-order valence-corrected chi connectivity index (χ2v) is 9.07. The number of amides is 2. The molecule has 1 aliphatic rings. The molecule has 1 aliphatic heterocycles. The molecule has 2 N–H and O–H groups in total. The van der Waals surface area contributed by atoms with Crippen molar-refractivity contribution >= 4 is 29.2 Å². The Labute approximate surface area is 200 Å². The van der Waals surface area contributed by atoms with Crippen molar-refractivity contribution < 1.29 is 14.6 Å². The molecule has 2 amide bonds. The molecule has 2 aromatic rings. The highest BCUT2D eigenvalue weighted by atomic mass is 35.5. The summed E-state index contributed by atoms with van der Waals surface area (Å²) in [4.78, 5) is 17.1. The maximum atomic E-state index is 13.1. The van der Waals surface area contributed by atoms with Crippen LogP contribution in [0.15, 0.2) is 42.5 Å². The molecule has 0 spiro atoms. The van der Waals surface area contributed by atoms with Crippen LogP contribution in [0.3, 0.4) is 0 Å². The van der Waals surface area contributed by atoms with Crippen LogP contribution in [-0.4, -0.2) is 60.8 Å². The van der Waals surface area contributed by atoms with E-state index in [4.69, 9.17) is 27.9 Å². The van der Waals surface area contributed by atoms with Gasteiger partial charge >= 0.3 is 6.03 Å². The van der Waals surface area contributed by atoms with Gasteiger partial charge in [0.05, 0.1) is 35.9 Å². The smallest absolute Gasteiger partial charge is 0.317 e. The minimum Gasteiger partial charge on any atom is -0.392 e. The molecule has 0 saturated carbocycles. The Hall–Kier alpha value is -1.83. The van der Waals surface area contributed by atoms with Crippen molar-refractivity contribution in [2.24, 2.45) is 0 Å². The Morgan fingerprint density at radius 3 is 2.62 bits per heavy atom. The van der Waals surface area contributed by atoms with Gasteiger partial charge in [0.2, 0.25) is 0 Å². The molecule has 174 valence electrons. The van der Waals surface area contributed by atoms with Gasteiger partial charge in [-0.15, -0.1) is 0 Å². The molecule has 0 bridgehead atoms. The lowest BCUT2D eigenvalue weighted by atomic mass is 10.0. The Bertz CT molecular complexity index is 904. The fourth-order valence-electron chi connectivity index (χ4n) is 3.91. The van der Waals surface area contributed by atoms with Crippen molar-refractivity contribution in [3.05, 3.63) is 69.2 Å². The number of halogens is 2. The molecule has 1 heterocycles. The van der Waals surface area contributed by atoms with E-state index in [2.05, 4.69) is 17.3 Å². The number of benzene rings is 2. The summed E-state index contributed by atoms with van der Waals surface area (Å²) in [5.74, 6) is 0. The third-order valence-corrected chi connectivity index (χ3v) is 6.77. The van der Waals surface area contributed by atoms with E-state index in [0.29, 0.717) is 22.2 Å². The quantitative estimate of drug-likeness (QED) is 0.585. The van der Waals surface area contributed by atoms with Crippen LogP contribution in [-0.2, 0) is 18.0 Å². The first-order chi connectivity index (χ1) is 15.4. The van der Waals surface area contributed by atoms with Crippen LogP contribution < -0.4 is 5.32 Å². The van der Waals surface area contributed by atoms with Gasteiger partial charge < -0.3 is 25.0 Å². The molecule has 1 saturated heterocycles. The number of nitrogens with one attached hydrogen (secondary N) is 1. The predicted molar refractivity (Wildman–Crippen MR) is 128 cm³/mol. The van der Waals surface area contributed by atoms with Crippen molar-refractivity contribution in [2.75, 3.05) is 33.8 Å². The third-order valence-electron chi connectivity index (χ3n) is 5.94. The minimum absolute atomic E-state index is 0.0199. The number of carbonyl (C=O) groups is 1. The maximum Gasteiger partial charge on any atom is 0.317 e. The van der Waals surface area contributed by atoms with Crippen LogP contribution in [0.1, 0.15) is 35.6 Å². The van der Waals surface area contributed by atoms with Gasteiger partial charge in [-0.05, 0) is 55.7 Å². The van der Waals surface area contributed by atoms with Crippen LogP contribution in [0.2, 0.25) is 10.0 Å². The fourth-order valence-corrected chi connectivity index (χ4v) is 4.35. The number of carbonyl (C=O) groups excluding carboxylic acids is 1. The monoisotopic (exact) mass is 479 g/mol. The molecule has 0 aliphatic carbocycles. The molecule has 3 rings (SSSR count). The number of hydrogen-bond acceptors (Lipinski definition) is 4. The zero-order valence-corrected chi connectivity index (χ0v) is 20.1. The van der Waals surface area contributed by atoms with Crippen LogP contribution in [0.25, 0.3) is 0 Å². The zero-order valence-electron chi connectivity index (χ0n) is 18.6. The summed E-state index contributed by atoms with van der Waals surface area (Å²) in [7, 11) is 3.93. The van der Waals surface area contributed by atoms with Crippen LogP contribution >= 0.6 is 23.2 Å². The molecule has 0 aromatic heterocycles. The molecule has 6 nitrogen and oxygen atoms in total. The molecule has 0 radical (unpaired) electrons. The number of aliphatic hydroxyl groups is 1. The highest BCUT2D eigenvalue weighted by Crippen LogP contribution is 2.30. The molecule has 1 atom stereocenters. The summed E-state index contributed by atoms with van der Waals surface area (Å²) in [6.45, 7) is 2.51. The molecule has 32 heavy (non-hydrogen) atoms. The van der Waals surface area contributed by atoms with Gasteiger partial charge in [0.25, 0.3) is 0 Å². The zero-order chi connectivity index (χ0) is 23.1. The van der Waals surface area contributed by atoms with Gasteiger partial charge in [-0.2, -0.15) is 0 Å². The third kappa shape index (κ3) is 6.59. The van der Waals surface area contributed by atoms with Crippen LogP contribution in [0.5, 0.6) is 0 Å².